The van der Waals surface area contributed by atoms with Gasteiger partial charge in [-0.2, -0.15) is 0 Å². The summed E-state index contributed by atoms with van der Waals surface area (Å²) >= 11 is 0. The SMILES string of the molecule is CCC(CC)CNC(=NC)NCCCN1CC(C)OC(C)C1. The van der Waals surface area contributed by atoms with Gasteiger partial charge in [0.25, 0.3) is 0 Å². The van der Waals surface area contributed by atoms with Crippen molar-refractivity contribution in [2.75, 3.05) is 39.8 Å². The number of nitrogens with one attached hydrogen (secondary N) is 2. The fourth-order valence-electron chi connectivity index (χ4n) is 3.02. The number of hydrogen-bond donors (Lipinski definition) is 2. The summed E-state index contributed by atoms with van der Waals surface area (Å²) in [5.41, 5.74) is 0. The Morgan fingerprint density at radius 3 is 2.36 bits per heavy atom. The first-order chi connectivity index (χ1) is 10.6. The van der Waals surface area contributed by atoms with Gasteiger partial charge >= 0.3 is 0 Å². The molecule has 0 spiro atoms. The Kier molecular flexibility index (Phi) is 9.48. The lowest BCUT2D eigenvalue weighted by Gasteiger charge is -2.35. The molecule has 1 saturated heterocycles. The van der Waals surface area contributed by atoms with Crippen LogP contribution in [0.15, 0.2) is 4.99 Å². The normalized spacial score (nSPS) is 23.8. The Hall–Kier alpha value is -0.810. The van der Waals surface area contributed by atoms with E-state index in [-0.39, 0.29) is 0 Å². The highest BCUT2D eigenvalue weighted by Gasteiger charge is 2.21. The number of ether oxygens (including phenoxy) is 1. The number of aliphatic imine (C=N–C) groups is 1. The molecule has 2 unspecified atom stereocenters. The highest BCUT2D eigenvalue weighted by atomic mass is 16.5. The second-order valence-electron chi connectivity index (χ2n) is 6.43. The maximum Gasteiger partial charge on any atom is 0.190 e. The maximum absolute atomic E-state index is 5.77. The highest BCUT2D eigenvalue weighted by Crippen LogP contribution is 2.10. The minimum atomic E-state index is 0.353. The summed E-state index contributed by atoms with van der Waals surface area (Å²) in [7, 11) is 1.84. The average Bonchev–Trinajstić information content (AvgIpc) is 2.49. The van der Waals surface area contributed by atoms with Gasteiger partial charge in [-0.25, -0.2) is 0 Å². The molecule has 0 aromatic carbocycles. The molecule has 1 rings (SSSR count). The van der Waals surface area contributed by atoms with E-state index < -0.39 is 0 Å². The van der Waals surface area contributed by atoms with Gasteiger partial charge < -0.3 is 15.4 Å². The minimum Gasteiger partial charge on any atom is -0.373 e. The molecule has 0 radical (unpaired) electrons. The lowest BCUT2D eigenvalue weighted by atomic mass is 10.0. The quantitative estimate of drug-likeness (QED) is 0.409. The van der Waals surface area contributed by atoms with E-state index in [1.54, 1.807) is 0 Å². The third-order valence-electron chi connectivity index (χ3n) is 4.38. The third kappa shape index (κ3) is 7.45. The van der Waals surface area contributed by atoms with Crippen molar-refractivity contribution in [3.8, 4) is 0 Å². The Bertz CT molecular complexity index is 308. The largest absolute Gasteiger partial charge is 0.373 e. The van der Waals surface area contributed by atoms with Crippen molar-refractivity contribution >= 4 is 5.96 Å². The predicted octanol–water partition coefficient (Wildman–Crippen LogP) is 2.09. The van der Waals surface area contributed by atoms with Crippen LogP contribution in [-0.2, 0) is 4.74 Å². The molecule has 5 heteroatoms. The fourth-order valence-corrected chi connectivity index (χ4v) is 3.02. The van der Waals surface area contributed by atoms with Crippen LogP contribution in [0.1, 0.15) is 47.0 Å². The van der Waals surface area contributed by atoms with E-state index >= 15 is 0 Å². The van der Waals surface area contributed by atoms with Crippen LogP contribution in [0.4, 0.5) is 0 Å². The summed E-state index contributed by atoms with van der Waals surface area (Å²) in [4.78, 5) is 6.80. The number of morpholine rings is 1. The Labute approximate surface area is 136 Å². The van der Waals surface area contributed by atoms with Crippen LogP contribution >= 0.6 is 0 Å². The molecule has 1 aliphatic rings. The number of hydrogen-bond acceptors (Lipinski definition) is 3. The van der Waals surface area contributed by atoms with Crippen molar-refractivity contribution in [2.24, 2.45) is 10.9 Å². The fraction of sp³-hybridized carbons (Fsp3) is 0.941. The van der Waals surface area contributed by atoms with Crippen LogP contribution in [0, 0.1) is 5.92 Å². The third-order valence-corrected chi connectivity index (χ3v) is 4.38. The van der Waals surface area contributed by atoms with E-state index in [2.05, 4.69) is 48.2 Å². The van der Waals surface area contributed by atoms with Gasteiger partial charge in [-0.1, -0.05) is 26.7 Å². The Morgan fingerprint density at radius 1 is 1.18 bits per heavy atom. The van der Waals surface area contributed by atoms with Crippen LogP contribution in [0.3, 0.4) is 0 Å². The van der Waals surface area contributed by atoms with Gasteiger partial charge in [-0.15, -0.1) is 0 Å². The second-order valence-corrected chi connectivity index (χ2v) is 6.43. The van der Waals surface area contributed by atoms with Gasteiger partial charge in [0.05, 0.1) is 12.2 Å². The van der Waals surface area contributed by atoms with Crippen LogP contribution < -0.4 is 10.6 Å². The van der Waals surface area contributed by atoms with E-state index in [4.69, 9.17) is 4.74 Å². The van der Waals surface area contributed by atoms with Crippen LogP contribution in [0.25, 0.3) is 0 Å². The van der Waals surface area contributed by atoms with Gasteiger partial charge in [0.2, 0.25) is 0 Å². The molecular weight excluding hydrogens is 276 g/mol. The predicted molar refractivity (Wildman–Crippen MR) is 94.5 cm³/mol. The van der Waals surface area contributed by atoms with Crippen molar-refractivity contribution in [2.45, 2.75) is 59.2 Å². The zero-order valence-corrected chi connectivity index (χ0v) is 15.2. The molecule has 0 aromatic heterocycles. The van der Waals surface area contributed by atoms with Gasteiger partial charge in [-0.05, 0) is 26.2 Å². The summed E-state index contributed by atoms with van der Waals surface area (Å²) in [5, 5.41) is 6.85. The Balaban J connectivity index is 2.16. The second kappa shape index (κ2) is 10.8. The number of nitrogens with zero attached hydrogens (tertiary/aromatic N) is 2. The summed E-state index contributed by atoms with van der Waals surface area (Å²) in [6.07, 6.45) is 4.27. The summed E-state index contributed by atoms with van der Waals surface area (Å²) in [6.45, 7) is 14.0. The molecular formula is C17H36N4O. The molecule has 2 atom stereocenters. The van der Waals surface area contributed by atoms with Gasteiger partial charge in [0.1, 0.15) is 0 Å². The summed E-state index contributed by atoms with van der Waals surface area (Å²) in [6, 6.07) is 0. The minimum absolute atomic E-state index is 0.353. The van der Waals surface area contributed by atoms with Gasteiger partial charge in [-0.3, -0.25) is 9.89 Å². The number of rotatable bonds is 8. The molecule has 22 heavy (non-hydrogen) atoms. The average molecular weight is 313 g/mol. The standard InChI is InChI=1S/C17H36N4O/c1-6-16(7-2)11-20-17(18-5)19-9-8-10-21-12-14(3)22-15(4)13-21/h14-16H,6-13H2,1-5H3,(H2,18,19,20). The maximum atomic E-state index is 5.77. The molecule has 2 N–H and O–H groups in total. The number of guanidine groups is 1. The van der Waals surface area contributed by atoms with E-state index in [1.807, 2.05) is 7.05 Å². The molecule has 0 bridgehead atoms. The Morgan fingerprint density at radius 2 is 1.82 bits per heavy atom. The van der Waals surface area contributed by atoms with Crippen LogP contribution in [-0.4, -0.2) is 62.8 Å². The zero-order valence-electron chi connectivity index (χ0n) is 15.2. The lowest BCUT2D eigenvalue weighted by Crippen LogP contribution is -2.46. The van der Waals surface area contributed by atoms with Crippen LogP contribution in [0.2, 0.25) is 0 Å². The van der Waals surface area contributed by atoms with Crippen molar-refractivity contribution in [1.29, 1.82) is 0 Å². The van der Waals surface area contributed by atoms with Crippen molar-refractivity contribution < 1.29 is 4.74 Å². The van der Waals surface area contributed by atoms with Gasteiger partial charge in [0, 0.05) is 39.8 Å². The monoisotopic (exact) mass is 312 g/mol. The molecule has 0 aliphatic carbocycles. The molecule has 0 aromatic rings. The van der Waals surface area contributed by atoms with Crippen LogP contribution in [0.5, 0.6) is 0 Å². The van der Waals surface area contributed by atoms with E-state index in [0.717, 1.165) is 51.0 Å². The molecule has 1 heterocycles. The van der Waals surface area contributed by atoms with E-state index in [1.165, 1.54) is 12.8 Å². The summed E-state index contributed by atoms with van der Waals surface area (Å²) in [5.74, 6) is 1.66. The first-order valence-corrected chi connectivity index (χ1v) is 8.91. The molecule has 0 amide bonds. The van der Waals surface area contributed by atoms with E-state index in [9.17, 15) is 0 Å². The lowest BCUT2D eigenvalue weighted by molar-refractivity contribution is -0.0679. The molecule has 1 aliphatic heterocycles. The van der Waals surface area contributed by atoms with Gasteiger partial charge in [0.15, 0.2) is 5.96 Å². The first-order valence-electron chi connectivity index (χ1n) is 8.91. The zero-order chi connectivity index (χ0) is 16.4. The van der Waals surface area contributed by atoms with E-state index in [0.29, 0.717) is 12.2 Å². The highest BCUT2D eigenvalue weighted by molar-refractivity contribution is 5.79. The molecule has 1 fully saturated rings. The topological polar surface area (TPSA) is 48.9 Å². The summed E-state index contributed by atoms with van der Waals surface area (Å²) < 4.78 is 5.77. The smallest absolute Gasteiger partial charge is 0.190 e. The molecule has 130 valence electrons. The molecule has 5 nitrogen and oxygen atoms in total. The van der Waals surface area contributed by atoms with Crippen molar-refractivity contribution in [3.05, 3.63) is 0 Å². The first kappa shape index (κ1) is 19.2. The van der Waals surface area contributed by atoms with Crippen molar-refractivity contribution in [1.82, 2.24) is 15.5 Å². The molecule has 0 saturated carbocycles. The van der Waals surface area contributed by atoms with Crippen molar-refractivity contribution in [3.63, 3.8) is 0 Å².